The Balaban J connectivity index is 1.65. The number of urea groups is 1. The van der Waals surface area contributed by atoms with E-state index in [4.69, 9.17) is 0 Å². The molecule has 3 N–H and O–H groups in total. The van der Waals surface area contributed by atoms with Gasteiger partial charge in [-0.3, -0.25) is 0 Å². The molecular weight excluding hydrogens is 266 g/mol. The number of aliphatic hydroxyl groups excluding tert-OH is 1. The maximum Gasteiger partial charge on any atom is 0.319 e. The molecule has 112 valence electrons. The summed E-state index contributed by atoms with van der Waals surface area (Å²) >= 11 is 0. The Labute approximate surface area is 124 Å². The van der Waals surface area contributed by atoms with Gasteiger partial charge in [-0.25, -0.2) is 4.79 Å². The number of hydrogen-bond donors (Lipinski definition) is 3. The minimum Gasteiger partial charge on any atom is -0.396 e. The summed E-state index contributed by atoms with van der Waals surface area (Å²) in [4.78, 5) is 11.9. The number of amides is 2. The molecule has 1 saturated carbocycles. The highest BCUT2D eigenvalue weighted by Crippen LogP contribution is 2.44. The van der Waals surface area contributed by atoms with E-state index in [1.54, 1.807) is 0 Å². The van der Waals surface area contributed by atoms with Crippen LogP contribution < -0.4 is 10.6 Å². The predicted octanol–water partition coefficient (Wildman–Crippen LogP) is 2.56. The molecule has 0 atom stereocenters. The maximum atomic E-state index is 11.9. The Morgan fingerprint density at radius 3 is 2.86 bits per heavy atom. The standard InChI is InChI=1S/C16H21N3O2/c1-2-19-8-5-12-3-4-13(9-14(12)19)18-15(21)17-10-16(11-20)6-7-16/h3-5,8-9,20H,2,6-7,10-11H2,1H3,(H2,17,18,21). The van der Waals surface area contributed by atoms with Crippen molar-refractivity contribution in [3.8, 4) is 0 Å². The number of carbonyl (C=O) groups is 1. The van der Waals surface area contributed by atoms with Gasteiger partial charge in [0.05, 0.1) is 12.1 Å². The molecule has 2 aromatic rings. The van der Waals surface area contributed by atoms with Crippen LogP contribution in [0.1, 0.15) is 19.8 Å². The number of benzene rings is 1. The smallest absolute Gasteiger partial charge is 0.319 e. The summed E-state index contributed by atoms with van der Waals surface area (Å²) < 4.78 is 2.14. The van der Waals surface area contributed by atoms with Crippen LogP contribution in [0.3, 0.4) is 0 Å². The molecule has 1 fully saturated rings. The van der Waals surface area contributed by atoms with Gasteiger partial charge in [-0.2, -0.15) is 0 Å². The molecule has 0 bridgehead atoms. The van der Waals surface area contributed by atoms with Crippen molar-refractivity contribution in [2.45, 2.75) is 26.3 Å². The van der Waals surface area contributed by atoms with Crippen molar-refractivity contribution in [3.63, 3.8) is 0 Å². The normalized spacial score (nSPS) is 15.9. The van der Waals surface area contributed by atoms with E-state index in [0.29, 0.717) is 6.54 Å². The summed E-state index contributed by atoms with van der Waals surface area (Å²) in [6.07, 6.45) is 4.02. The van der Waals surface area contributed by atoms with Gasteiger partial charge in [0.2, 0.25) is 0 Å². The summed E-state index contributed by atoms with van der Waals surface area (Å²) in [6, 6.07) is 7.75. The van der Waals surface area contributed by atoms with Crippen LogP contribution in [-0.2, 0) is 6.54 Å². The van der Waals surface area contributed by atoms with Gasteiger partial charge in [0.1, 0.15) is 0 Å². The van der Waals surface area contributed by atoms with Crippen molar-refractivity contribution in [2.24, 2.45) is 5.41 Å². The number of aromatic nitrogens is 1. The van der Waals surface area contributed by atoms with Crippen molar-refractivity contribution in [2.75, 3.05) is 18.5 Å². The Hall–Kier alpha value is -2.01. The highest BCUT2D eigenvalue weighted by Gasteiger charge is 2.42. The first kappa shape index (κ1) is 13.9. The van der Waals surface area contributed by atoms with Crippen molar-refractivity contribution in [1.29, 1.82) is 0 Å². The van der Waals surface area contributed by atoms with Gasteiger partial charge >= 0.3 is 6.03 Å². The largest absolute Gasteiger partial charge is 0.396 e. The van der Waals surface area contributed by atoms with Crippen LogP contribution >= 0.6 is 0 Å². The number of anilines is 1. The average Bonchev–Trinajstić information content (AvgIpc) is 3.18. The zero-order valence-electron chi connectivity index (χ0n) is 12.2. The van der Waals surface area contributed by atoms with E-state index in [2.05, 4.69) is 28.2 Å². The lowest BCUT2D eigenvalue weighted by Gasteiger charge is -2.13. The second kappa shape index (κ2) is 5.41. The molecule has 21 heavy (non-hydrogen) atoms. The van der Waals surface area contributed by atoms with Crippen LogP contribution in [0.4, 0.5) is 10.5 Å². The lowest BCUT2D eigenvalue weighted by molar-refractivity contribution is 0.206. The number of aliphatic hydroxyl groups is 1. The predicted molar refractivity (Wildman–Crippen MR) is 83.4 cm³/mol. The molecular formula is C16H21N3O2. The van der Waals surface area contributed by atoms with E-state index in [1.807, 2.05) is 24.4 Å². The fourth-order valence-corrected chi connectivity index (χ4v) is 2.55. The van der Waals surface area contributed by atoms with Crippen molar-refractivity contribution in [3.05, 3.63) is 30.5 Å². The molecule has 5 nitrogen and oxygen atoms in total. The summed E-state index contributed by atoms with van der Waals surface area (Å²) in [5, 5.41) is 16.1. The number of rotatable bonds is 5. The molecule has 0 spiro atoms. The summed E-state index contributed by atoms with van der Waals surface area (Å²) in [5.41, 5.74) is 1.82. The van der Waals surface area contributed by atoms with Gasteiger partial charge in [0.15, 0.2) is 0 Å². The molecule has 0 unspecified atom stereocenters. The number of hydrogen-bond acceptors (Lipinski definition) is 2. The average molecular weight is 287 g/mol. The van der Waals surface area contributed by atoms with E-state index in [1.165, 1.54) is 5.39 Å². The molecule has 2 amide bonds. The van der Waals surface area contributed by atoms with E-state index in [-0.39, 0.29) is 18.1 Å². The fourth-order valence-electron chi connectivity index (χ4n) is 2.55. The van der Waals surface area contributed by atoms with Crippen LogP contribution in [0.25, 0.3) is 10.9 Å². The number of nitrogens with one attached hydrogen (secondary N) is 2. The number of fused-ring (bicyclic) bond motifs is 1. The van der Waals surface area contributed by atoms with Crippen LogP contribution in [0, 0.1) is 5.41 Å². The third-order valence-electron chi connectivity index (χ3n) is 4.29. The fraction of sp³-hybridized carbons (Fsp3) is 0.438. The SMILES string of the molecule is CCn1ccc2ccc(NC(=O)NCC3(CO)CC3)cc21. The maximum absolute atomic E-state index is 11.9. The highest BCUT2D eigenvalue weighted by atomic mass is 16.3. The number of carbonyl (C=O) groups excluding carboxylic acids is 1. The molecule has 3 rings (SSSR count). The molecule has 1 aliphatic rings. The monoisotopic (exact) mass is 287 g/mol. The quantitative estimate of drug-likeness (QED) is 0.791. The molecule has 5 heteroatoms. The van der Waals surface area contributed by atoms with E-state index in [0.717, 1.165) is 30.6 Å². The molecule has 0 radical (unpaired) electrons. The summed E-state index contributed by atoms with van der Waals surface area (Å²) in [5.74, 6) is 0. The third-order valence-corrected chi connectivity index (χ3v) is 4.29. The summed E-state index contributed by atoms with van der Waals surface area (Å²) in [7, 11) is 0. The second-order valence-electron chi connectivity index (χ2n) is 5.84. The molecule has 1 heterocycles. The van der Waals surface area contributed by atoms with Gasteiger partial charge in [-0.05, 0) is 43.4 Å². The number of aryl methyl sites for hydroxylation is 1. The Bertz CT molecular complexity index is 659. The van der Waals surface area contributed by atoms with E-state index < -0.39 is 0 Å². The van der Waals surface area contributed by atoms with Crippen molar-refractivity contribution < 1.29 is 9.90 Å². The second-order valence-corrected chi connectivity index (χ2v) is 5.84. The minimum atomic E-state index is -0.219. The van der Waals surface area contributed by atoms with Gasteiger partial charge in [0.25, 0.3) is 0 Å². The topological polar surface area (TPSA) is 66.3 Å². The van der Waals surface area contributed by atoms with Crippen LogP contribution in [-0.4, -0.2) is 28.9 Å². The Morgan fingerprint density at radius 1 is 1.38 bits per heavy atom. The number of nitrogens with zero attached hydrogens (tertiary/aromatic N) is 1. The molecule has 1 aliphatic carbocycles. The first-order valence-corrected chi connectivity index (χ1v) is 7.40. The summed E-state index contributed by atoms with van der Waals surface area (Å²) in [6.45, 7) is 3.67. The Morgan fingerprint density at radius 2 is 2.19 bits per heavy atom. The van der Waals surface area contributed by atoms with Gasteiger partial charge < -0.3 is 20.3 Å². The Kier molecular flexibility index (Phi) is 3.59. The molecule has 1 aromatic carbocycles. The van der Waals surface area contributed by atoms with E-state index >= 15 is 0 Å². The van der Waals surface area contributed by atoms with Gasteiger partial charge in [-0.1, -0.05) is 6.07 Å². The molecule has 0 saturated heterocycles. The van der Waals surface area contributed by atoms with Crippen molar-refractivity contribution >= 4 is 22.6 Å². The third kappa shape index (κ3) is 2.88. The van der Waals surface area contributed by atoms with Crippen LogP contribution in [0.2, 0.25) is 0 Å². The van der Waals surface area contributed by atoms with Gasteiger partial charge in [-0.15, -0.1) is 0 Å². The van der Waals surface area contributed by atoms with E-state index in [9.17, 15) is 9.90 Å². The molecule has 0 aliphatic heterocycles. The lowest BCUT2D eigenvalue weighted by Crippen LogP contribution is -2.35. The highest BCUT2D eigenvalue weighted by molar-refractivity contribution is 5.92. The zero-order valence-corrected chi connectivity index (χ0v) is 12.2. The van der Waals surface area contributed by atoms with Crippen molar-refractivity contribution in [1.82, 2.24) is 9.88 Å². The lowest BCUT2D eigenvalue weighted by atomic mass is 10.1. The first-order valence-electron chi connectivity index (χ1n) is 7.40. The first-order chi connectivity index (χ1) is 10.2. The van der Waals surface area contributed by atoms with Crippen LogP contribution in [0.15, 0.2) is 30.5 Å². The van der Waals surface area contributed by atoms with Crippen LogP contribution in [0.5, 0.6) is 0 Å². The van der Waals surface area contributed by atoms with Gasteiger partial charge in [0, 0.05) is 30.4 Å². The molecule has 1 aromatic heterocycles. The zero-order chi connectivity index (χ0) is 14.9. The minimum absolute atomic E-state index is 0.0712.